The van der Waals surface area contributed by atoms with Crippen LogP contribution >= 0.6 is 0 Å². The second-order valence-electron chi connectivity index (χ2n) is 8.81. The minimum absolute atomic E-state index is 0.790. The number of aromatic nitrogens is 1. The normalized spacial score (nSPS) is 11.1. The lowest BCUT2D eigenvalue weighted by atomic mass is 9.99. The Morgan fingerprint density at radius 2 is 1.33 bits per heavy atom. The van der Waals surface area contributed by atoms with Crippen molar-refractivity contribution in [3.8, 4) is 28.1 Å². The Morgan fingerprint density at radius 1 is 0.636 bits per heavy atom. The van der Waals surface area contributed by atoms with Crippen LogP contribution in [-0.4, -0.2) is 11.6 Å². The van der Waals surface area contributed by atoms with Gasteiger partial charge in [0.25, 0.3) is 0 Å². The molecule has 3 aromatic carbocycles. The topological polar surface area (TPSA) is 22.1 Å². The van der Waals surface area contributed by atoms with Crippen LogP contribution in [0.3, 0.4) is 0 Å². The zero-order valence-corrected chi connectivity index (χ0v) is 19.8. The average molecular weight is 438 g/mol. The maximum Gasteiger partial charge on any atom is 0.119 e. The number of rotatable bonds is 12. The van der Waals surface area contributed by atoms with E-state index in [-0.39, 0.29) is 0 Å². The van der Waals surface area contributed by atoms with Gasteiger partial charge in [-0.05, 0) is 47.2 Å². The first kappa shape index (κ1) is 23.0. The Labute approximate surface area is 198 Å². The first-order valence-electron chi connectivity index (χ1n) is 12.5. The molecule has 0 fully saturated rings. The molecule has 0 aliphatic carbocycles. The molecule has 170 valence electrons. The van der Waals surface area contributed by atoms with Crippen molar-refractivity contribution >= 4 is 10.8 Å². The molecular formula is C31H35NO. The summed E-state index contributed by atoms with van der Waals surface area (Å²) in [5, 5.41) is 2.39. The van der Waals surface area contributed by atoms with Crippen molar-refractivity contribution in [3.63, 3.8) is 0 Å². The smallest absolute Gasteiger partial charge is 0.119 e. The first-order chi connectivity index (χ1) is 16.3. The van der Waals surface area contributed by atoms with Gasteiger partial charge in [0.2, 0.25) is 0 Å². The number of nitrogens with zero attached hydrogens (tertiary/aromatic N) is 1. The third-order valence-corrected chi connectivity index (χ3v) is 6.24. The van der Waals surface area contributed by atoms with E-state index in [2.05, 4.69) is 85.8 Å². The third-order valence-electron chi connectivity index (χ3n) is 6.24. The molecule has 0 bridgehead atoms. The van der Waals surface area contributed by atoms with Crippen molar-refractivity contribution in [2.24, 2.45) is 0 Å². The number of hydrogen-bond acceptors (Lipinski definition) is 2. The Hall–Kier alpha value is -3.13. The summed E-state index contributed by atoms with van der Waals surface area (Å²) in [6, 6.07) is 27.6. The Bertz CT molecular complexity index is 1140. The second-order valence-corrected chi connectivity index (χ2v) is 8.81. The van der Waals surface area contributed by atoms with Crippen LogP contribution in [0.4, 0.5) is 0 Å². The van der Waals surface area contributed by atoms with E-state index in [0.717, 1.165) is 30.0 Å². The molecule has 33 heavy (non-hydrogen) atoms. The van der Waals surface area contributed by atoms with E-state index in [4.69, 9.17) is 9.72 Å². The summed E-state index contributed by atoms with van der Waals surface area (Å²) in [5.41, 5.74) is 4.51. The van der Waals surface area contributed by atoms with Crippen molar-refractivity contribution in [2.75, 3.05) is 6.61 Å². The van der Waals surface area contributed by atoms with E-state index >= 15 is 0 Å². The van der Waals surface area contributed by atoms with Gasteiger partial charge in [-0.2, -0.15) is 0 Å². The van der Waals surface area contributed by atoms with Crippen molar-refractivity contribution in [2.45, 2.75) is 58.3 Å². The van der Waals surface area contributed by atoms with E-state index in [1.54, 1.807) is 0 Å². The van der Waals surface area contributed by atoms with Crippen LogP contribution in [0, 0.1) is 0 Å². The highest BCUT2D eigenvalue weighted by Gasteiger charge is 2.07. The minimum atomic E-state index is 0.790. The van der Waals surface area contributed by atoms with Gasteiger partial charge in [0.1, 0.15) is 5.75 Å². The SMILES string of the molecule is CCCCCCCCCCOc1cccc(-c2cccc(-c3nccc4ccccc34)c2)c1. The fraction of sp³-hybridized carbons (Fsp3) is 0.323. The molecule has 2 heteroatoms. The van der Waals surface area contributed by atoms with Gasteiger partial charge in [-0.3, -0.25) is 4.98 Å². The van der Waals surface area contributed by atoms with Crippen LogP contribution in [0.2, 0.25) is 0 Å². The van der Waals surface area contributed by atoms with Crippen molar-refractivity contribution in [1.29, 1.82) is 0 Å². The van der Waals surface area contributed by atoms with Gasteiger partial charge in [0.15, 0.2) is 0 Å². The number of hydrogen-bond donors (Lipinski definition) is 0. The zero-order valence-electron chi connectivity index (χ0n) is 19.8. The van der Waals surface area contributed by atoms with E-state index < -0.39 is 0 Å². The number of ether oxygens (including phenoxy) is 1. The molecule has 0 N–H and O–H groups in total. The predicted octanol–water partition coefficient (Wildman–Crippen LogP) is 9.09. The van der Waals surface area contributed by atoms with Crippen LogP contribution in [0.5, 0.6) is 5.75 Å². The fourth-order valence-corrected chi connectivity index (χ4v) is 4.39. The van der Waals surface area contributed by atoms with Gasteiger partial charge < -0.3 is 4.74 Å². The van der Waals surface area contributed by atoms with Crippen molar-refractivity contribution < 1.29 is 4.74 Å². The molecule has 2 nitrogen and oxygen atoms in total. The monoisotopic (exact) mass is 437 g/mol. The molecule has 1 heterocycles. The quantitative estimate of drug-likeness (QED) is 0.206. The van der Waals surface area contributed by atoms with Gasteiger partial charge in [0, 0.05) is 17.1 Å². The van der Waals surface area contributed by atoms with Crippen LogP contribution in [0.1, 0.15) is 58.3 Å². The van der Waals surface area contributed by atoms with Gasteiger partial charge in [0.05, 0.1) is 12.3 Å². The molecule has 4 rings (SSSR count). The standard InChI is InChI=1S/C31H35NO/c1-2-3-4-5-6-7-8-11-22-33-29-18-13-16-27(24-29)26-15-12-17-28(23-26)31-30-19-10-9-14-25(30)20-21-32-31/h9-10,12-21,23-24H,2-8,11,22H2,1H3. The highest BCUT2D eigenvalue weighted by Crippen LogP contribution is 2.31. The molecule has 0 aliphatic rings. The summed E-state index contributed by atoms with van der Waals surface area (Å²) in [4.78, 5) is 4.69. The van der Waals surface area contributed by atoms with E-state index in [9.17, 15) is 0 Å². The summed E-state index contributed by atoms with van der Waals surface area (Å²) in [7, 11) is 0. The Balaban J connectivity index is 1.38. The Morgan fingerprint density at radius 3 is 2.18 bits per heavy atom. The number of unbranched alkanes of at least 4 members (excludes halogenated alkanes) is 7. The van der Waals surface area contributed by atoms with Crippen LogP contribution < -0.4 is 4.74 Å². The fourth-order valence-electron chi connectivity index (χ4n) is 4.39. The summed E-state index contributed by atoms with van der Waals surface area (Å²) >= 11 is 0. The summed E-state index contributed by atoms with van der Waals surface area (Å²) in [6.45, 7) is 3.06. The van der Waals surface area contributed by atoms with Gasteiger partial charge >= 0.3 is 0 Å². The van der Waals surface area contributed by atoms with Gasteiger partial charge in [-0.15, -0.1) is 0 Å². The molecule has 0 amide bonds. The molecular weight excluding hydrogens is 402 g/mol. The average Bonchev–Trinajstić information content (AvgIpc) is 2.87. The number of fused-ring (bicyclic) bond motifs is 1. The van der Waals surface area contributed by atoms with Gasteiger partial charge in [-0.1, -0.05) is 106 Å². The number of benzene rings is 3. The van der Waals surface area contributed by atoms with Gasteiger partial charge in [-0.25, -0.2) is 0 Å². The maximum absolute atomic E-state index is 6.07. The van der Waals surface area contributed by atoms with Crippen molar-refractivity contribution in [1.82, 2.24) is 4.98 Å². The highest BCUT2D eigenvalue weighted by atomic mass is 16.5. The van der Waals surface area contributed by atoms with E-state index in [0.29, 0.717) is 0 Å². The first-order valence-corrected chi connectivity index (χ1v) is 12.5. The maximum atomic E-state index is 6.07. The largest absolute Gasteiger partial charge is 0.494 e. The summed E-state index contributed by atoms with van der Waals surface area (Å²) in [5.74, 6) is 0.948. The zero-order chi connectivity index (χ0) is 22.7. The lowest BCUT2D eigenvalue weighted by molar-refractivity contribution is 0.304. The van der Waals surface area contributed by atoms with Crippen LogP contribution in [-0.2, 0) is 0 Å². The second kappa shape index (κ2) is 12.2. The highest BCUT2D eigenvalue weighted by molar-refractivity contribution is 5.95. The lowest BCUT2D eigenvalue weighted by Crippen LogP contribution is -1.97. The molecule has 0 radical (unpaired) electrons. The molecule has 1 aromatic heterocycles. The molecule has 0 atom stereocenters. The molecule has 0 saturated heterocycles. The number of pyridine rings is 1. The van der Waals surface area contributed by atoms with E-state index in [1.165, 1.54) is 66.8 Å². The van der Waals surface area contributed by atoms with Crippen LogP contribution in [0.25, 0.3) is 33.2 Å². The molecule has 0 saturated carbocycles. The summed E-state index contributed by atoms with van der Waals surface area (Å²) in [6.07, 6.45) is 12.4. The van der Waals surface area contributed by atoms with Crippen molar-refractivity contribution in [3.05, 3.63) is 85.1 Å². The summed E-state index contributed by atoms with van der Waals surface area (Å²) < 4.78 is 6.07. The molecule has 4 aromatic rings. The predicted molar refractivity (Wildman–Crippen MR) is 141 cm³/mol. The molecule has 0 unspecified atom stereocenters. The van der Waals surface area contributed by atoms with Crippen LogP contribution in [0.15, 0.2) is 85.1 Å². The lowest BCUT2D eigenvalue weighted by Gasteiger charge is -2.10. The Kier molecular flexibility index (Phi) is 8.52. The molecule has 0 aliphatic heterocycles. The molecule has 0 spiro atoms. The minimum Gasteiger partial charge on any atom is -0.494 e. The third kappa shape index (κ3) is 6.44. The van der Waals surface area contributed by atoms with E-state index in [1.807, 2.05) is 6.20 Å².